The summed E-state index contributed by atoms with van der Waals surface area (Å²) < 4.78 is 5.73. The van der Waals surface area contributed by atoms with Crippen LogP contribution < -0.4 is 15.5 Å². The highest BCUT2D eigenvalue weighted by Gasteiger charge is 2.39. The van der Waals surface area contributed by atoms with Gasteiger partial charge in [-0.15, -0.1) is 0 Å². The van der Waals surface area contributed by atoms with Gasteiger partial charge in [-0.2, -0.15) is 0 Å². The number of fused-ring (bicyclic) bond motifs is 1. The lowest BCUT2D eigenvalue weighted by atomic mass is 9.93. The number of nitrogens with zero attached hydrogens (tertiary/aromatic N) is 4. The second-order valence-electron chi connectivity index (χ2n) is 15.7. The van der Waals surface area contributed by atoms with Gasteiger partial charge < -0.3 is 25.2 Å². The number of rotatable bonds is 12. The normalized spacial score (nSPS) is 16.6. The Balaban J connectivity index is 1.29. The molecule has 0 radical (unpaired) electrons. The molecular formula is C41H53ClN6O6. The fraction of sp³-hybridized carbons (Fsp3) is 0.463. The molecule has 12 nitrogen and oxygen atoms in total. The van der Waals surface area contributed by atoms with E-state index in [1.54, 1.807) is 37.8 Å². The van der Waals surface area contributed by atoms with Gasteiger partial charge in [0.25, 0.3) is 0 Å². The first-order valence-electron chi connectivity index (χ1n) is 18.5. The summed E-state index contributed by atoms with van der Waals surface area (Å²) in [5.74, 6) is -0.612. The van der Waals surface area contributed by atoms with Crippen LogP contribution in [0.4, 0.5) is 16.2 Å². The SMILES string of the molecule is CC(C)(C)OC(=O)N1Cc2ccccc2C[C@H]1C(=O)N[C@H](Cc1ccc(Cl)cc1)C(=O)N1CCN(c2ccccc2NCCN(C=O)OC(C)(C)C)CC1. The van der Waals surface area contributed by atoms with E-state index in [1.807, 2.05) is 81.4 Å². The second-order valence-corrected chi connectivity index (χ2v) is 16.1. The molecule has 5 rings (SSSR count). The van der Waals surface area contributed by atoms with Gasteiger partial charge in [-0.25, -0.2) is 9.86 Å². The molecule has 54 heavy (non-hydrogen) atoms. The van der Waals surface area contributed by atoms with Crippen LogP contribution >= 0.6 is 11.6 Å². The number of nitrogens with one attached hydrogen (secondary N) is 2. The van der Waals surface area contributed by atoms with Gasteiger partial charge >= 0.3 is 6.09 Å². The van der Waals surface area contributed by atoms with Crippen LogP contribution in [-0.4, -0.2) is 102 Å². The number of benzene rings is 3. The highest BCUT2D eigenvalue weighted by molar-refractivity contribution is 6.30. The van der Waals surface area contributed by atoms with Crippen molar-refractivity contribution in [1.29, 1.82) is 0 Å². The van der Waals surface area contributed by atoms with E-state index in [-0.39, 0.29) is 18.9 Å². The summed E-state index contributed by atoms with van der Waals surface area (Å²) >= 11 is 6.17. The summed E-state index contributed by atoms with van der Waals surface area (Å²) in [6.07, 6.45) is 0.652. The van der Waals surface area contributed by atoms with Crippen LogP contribution in [0.25, 0.3) is 0 Å². The van der Waals surface area contributed by atoms with Crippen molar-refractivity contribution >= 4 is 47.3 Å². The molecule has 2 aliphatic heterocycles. The number of para-hydroxylation sites is 2. The predicted octanol–water partition coefficient (Wildman–Crippen LogP) is 5.68. The third kappa shape index (κ3) is 11.1. The van der Waals surface area contributed by atoms with Crippen molar-refractivity contribution in [3.05, 3.63) is 94.5 Å². The summed E-state index contributed by atoms with van der Waals surface area (Å²) in [7, 11) is 0. The summed E-state index contributed by atoms with van der Waals surface area (Å²) in [5.41, 5.74) is 3.43. The molecule has 0 aliphatic carbocycles. The largest absolute Gasteiger partial charge is 0.444 e. The molecular weight excluding hydrogens is 708 g/mol. The molecule has 2 aliphatic rings. The third-order valence-electron chi connectivity index (χ3n) is 9.14. The summed E-state index contributed by atoms with van der Waals surface area (Å²) in [4.78, 5) is 64.7. The minimum atomic E-state index is -0.882. The maximum atomic E-state index is 14.3. The molecule has 1 fully saturated rings. The first kappa shape index (κ1) is 40.4. The maximum Gasteiger partial charge on any atom is 0.411 e. The van der Waals surface area contributed by atoms with Crippen molar-refractivity contribution in [2.45, 2.75) is 84.2 Å². The van der Waals surface area contributed by atoms with Crippen LogP contribution in [0.15, 0.2) is 72.8 Å². The van der Waals surface area contributed by atoms with Crippen molar-refractivity contribution in [3.8, 4) is 0 Å². The lowest BCUT2D eigenvalue weighted by molar-refractivity contribution is -0.214. The summed E-state index contributed by atoms with van der Waals surface area (Å²) in [6, 6.07) is 21.2. The molecule has 4 amide bonds. The number of ether oxygens (including phenoxy) is 1. The molecule has 0 aromatic heterocycles. The number of piperazine rings is 1. The average Bonchev–Trinajstić information content (AvgIpc) is 3.13. The molecule has 2 heterocycles. The molecule has 1 saturated heterocycles. The number of anilines is 2. The topological polar surface area (TPSA) is 124 Å². The quantitative estimate of drug-likeness (QED) is 0.179. The Bertz CT molecular complexity index is 1770. The van der Waals surface area contributed by atoms with E-state index in [4.69, 9.17) is 21.2 Å². The molecule has 2 atom stereocenters. The van der Waals surface area contributed by atoms with Crippen molar-refractivity contribution in [2.24, 2.45) is 0 Å². The standard InChI is InChI=1S/C41H53ClN6O6/c1-40(2,3)53-39(52)48-27-31-12-8-7-11-30(31)26-36(48)37(50)44-34(25-29-15-17-32(42)18-16-29)38(51)46-23-21-45(22-24-46)35-14-10-9-13-33(35)43-19-20-47(28-49)54-41(4,5)6/h7-18,28,34,36,43H,19-27H2,1-6H3,(H,44,50)/t34-,36+/m1/s1. The molecule has 290 valence electrons. The minimum Gasteiger partial charge on any atom is -0.444 e. The van der Waals surface area contributed by atoms with Gasteiger partial charge in [-0.05, 0) is 82.5 Å². The first-order chi connectivity index (χ1) is 25.6. The Morgan fingerprint density at radius 1 is 0.889 bits per heavy atom. The van der Waals surface area contributed by atoms with Gasteiger partial charge in [0, 0.05) is 50.6 Å². The fourth-order valence-electron chi connectivity index (χ4n) is 6.65. The summed E-state index contributed by atoms with van der Waals surface area (Å²) in [6.45, 7) is 14.1. The van der Waals surface area contributed by atoms with E-state index in [0.717, 1.165) is 28.1 Å². The number of carbonyl (C=O) groups excluding carboxylic acids is 4. The van der Waals surface area contributed by atoms with Gasteiger partial charge in [0.2, 0.25) is 18.2 Å². The average molecular weight is 761 g/mol. The number of hydroxylamine groups is 2. The Labute approximate surface area is 323 Å². The number of hydrogen-bond donors (Lipinski definition) is 2. The van der Waals surface area contributed by atoms with Crippen molar-refractivity contribution in [3.63, 3.8) is 0 Å². The van der Waals surface area contributed by atoms with Gasteiger partial charge in [0.05, 0.1) is 30.1 Å². The predicted molar refractivity (Wildman–Crippen MR) is 210 cm³/mol. The Kier molecular flexibility index (Phi) is 13.1. The fourth-order valence-corrected chi connectivity index (χ4v) is 6.78. The highest BCUT2D eigenvalue weighted by atomic mass is 35.5. The molecule has 13 heteroatoms. The van der Waals surface area contributed by atoms with Crippen LogP contribution in [0.1, 0.15) is 58.2 Å². The first-order valence-corrected chi connectivity index (χ1v) is 18.9. The molecule has 0 saturated carbocycles. The van der Waals surface area contributed by atoms with Gasteiger partial charge in [-0.1, -0.05) is 60.1 Å². The van der Waals surface area contributed by atoms with Crippen molar-refractivity contribution in [1.82, 2.24) is 20.2 Å². The molecule has 0 spiro atoms. The second kappa shape index (κ2) is 17.6. The Hall–Kier alpha value is -4.81. The highest BCUT2D eigenvalue weighted by Crippen LogP contribution is 2.28. The van der Waals surface area contributed by atoms with E-state index in [0.29, 0.717) is 57.1 Å². The van der Waals surface area contributed by atoms with E-state index in [1.165, 1.54) is 9.96 Å². The summed E-state index contributed by atoms with van der Waals surface area (Å²) in [5, 5.41) is 8.35. The molecule has 3 aromatic rings. The van der Waals surface area contributed by atoms with E-state index < -0.39 is 35.3 Å². The van der Waals surface area contributed by atoms with Crippen LogP contribution in [0.2, 0.25) is 5.02 Å². The van der Waals surface area contributed by atoms with Crippen LogP contribution in [0.3, 0.4) is 0 Å². The molecule has 0 bridgehead atoms. The van der Waals surface area contributed by atoms with Crippen molar-refractivity contribution < 1.29 is 28.8 Å². The number of halogens is 1. The zero-order valence-electron chi connectivity index (χ0n) is 32.1. The lowest BCUT2D eigenvalue weighted by Gasteiger charge is -2.39. The van der Waals surface area contributed by atoms with Crippen LogP contribution in [0.5, 0.6) is 0 Å². The monoisotopic (exact) mass is 760 g/mol. The van der Waals surface area contributed by atoms with E-state index in [9.17, 15) is 19.2 Å². The third-order valence-corrected chi connectivity index (χ3v) is 9.39. The van der Waals surface area contributed by atoms with E-state index >= 15 is 0 Å². The molecule has 0 unspecified atom stereocenters. The molecule has 2 N–H and O–H groups in total. The van der Waals surface area contributed by atoms with Gasteiger partial charge in [0.1, 0.15) is 17.7 Å². The number of amides is 4. The van der Waals surface area contributed by atoms with Gasteiger partial charge in [0.15, 0.2) is 0 Å². The Morgan fingerprint density at radius 2 is 1.54 bits per heavy atom. The number of carbonyl (C=O) groups is 4. The number of hydrogen-bond acceptors (Lipinski definition) is 8. The lowest BCUT2D eigenvalue weighted by Crippen LogP contribution is -2.59. The van der Waals surface area contributed by atoms with Crippen molar-refractivity contribution in [2.75, 3.05) is 49.5 Å². The Morgan fingerprint density at radius 3 is 2.19 bits per heavy atom. The zero-order valence-corrected chi connectivity index (χ0v) is 32.9. The van der Waals surface area contributed by atoms with E-state index in [2.05, 4.69) is 15.5 Å². The zero-order chi connectivity index (χ0) is 39.0. The van der Waals surface area contributed by atoms with Crippen LogP contribution in [-0.2, 0) is 43.3 Å². The van der Waals surface area contributed by atoms with Crippen LogP contribution in [0, 0.1) is 0 Å². The van der Waals surface area contributed by atoms with Gasteiger partial charge in [-0.3, -0.25) is 24.1 Å². The molecule has 3 aromatic carbocycles. The maximum absolute atomic E-state index is 14.3. The smallest absolute Gasteiger partial charge is 0.411 e. The minimum absolute atomic E-state index is 0.197.